The fraction of sp³-hybridized carbons (Fsp3) is 0.652. The average molecular weight is 1190 g/mol. The van der Waals surface area contributed by atoms with Crippen LogP contribution in [0, 0.1) is 10.8 Å². The van der Waals surface area contributed by atoms with Gasteiger partial charge in [-0.1, -0.05) is 112 Å². The highest BCUT2D eigenvalue weighted by molar-refractivity contribution is 9.09. The summed E-state index contributed by atoms with van der Waals surface area (Å²) in [6.07, 6.45) is 23.2. The van der Waals surface area contributed by atoms with Crippen LogP contribution in [0.2, 0.25) is 0 Å². The molecule has 452 valence electrons. The standard InChI is InChI=1S/C36H52N2O4.C17H26N2O.C15H19BrO3.CH4/c1-35(2,3)42-34(39)33(30-15-8-7-14-29(30)32-19-21-36(4,5)25-41-32)38-22-20-28(24-38)40-23-11-10-13-27-18-17-26-12-6-9-16-31(26)37-27;1-2-7-17-14(5-1)8-9-15(19-17)6-3-4-12-20-16-10-11-18-13-16;1-15(2)8-7-12(19-9-15)10-5-3-4-6-11(10)13(16)14(17)18;/h7-8,14-15,17-18,28,32-33H,6,9-13,16,19-25H2,1-5H3;8-9,16,18H,1-7,10-13H2;3-6,12-13H,7-9H2,1-2H3,(H,17,18);1H4/t28-,32?,33?;16-;;/m11../s1. The fourth-order valence-corrected chi connectivity index (χ4v) is 12.7. The first-order valence-electron chi connectivity index (χ1n) is 31.0. The van der Waals surface area contributed by atoms with Gasteiger partial charge in [0.25, 0.3) is 0 Å². The Kier molecular flexibility index (Phi) is 25.0. The number of carboxylic acids is 1. The number of nitrogens with zero attached hydrogens (tertiary/aromatic N) is 3. The minimum absolute atomic E-state index is 0. The van der Waals surface area contributed by atoms with E-state index in [1.807, 2.05) is 51.1 Å². The van der Waals surface area contributed by atoms with Crippen LogP contribution in [0.5, 0.6) is 0 Å². The number of carboxylic acid groups (broad SMARTS) is 1. The second kappa shape index (κ2) is 31.4. The number of alkyl halides is 1. The molecule has 0 amide bonds. The first-order chi connectivity index (χ1) is 38.9. The Morgan fingerprint density at radius 1 is 0.695 bits per heavy atom. The molecule has 2 aliphatic carbocycles. The van der Waals surface area contributed by atoms with E-state index in [4.69, 9.17) is 38.8 Å². The van der Waals surface area contributed by atoms with Gasteiger partial charge in [0.1, 0.15) is 16.5 Å². The summed E-state index contributed by atoms with van der Waals surface area (Å²) in [6.45, 7) is 21.5. The van der Waals surface area contributed by atoms with Gasteiger partial charge in [-0.25, -0.2) is 4.79 Å². The zero-order chi connectivity index (χ0) is 57.4. The van der Waals surface area contributed by atoms with E-state index in [0.717, 1.165) is 139 Å². The number of ether oxygens (including phenoxy) is 5. The SMILES string of the molecule is C.CC1(C)CCC(c2ccccc2C(Br)C(=O)O)OC1.CC1(C)CCC(c2ccccc2C(C(=O)OC(C)(C)C)N2CC[C@@H](OCCCCc3ccc4c(n3)CCCC4)C2)OC1.c1cc2c(nc1CCCCO[C@@H]1CCNC1)CCCC2. The molecular weight excluding hydrogens is 1090 g/mol. The molecule has 82 heavy (non-hydrogen) atoms. The Labute approximate surface area is 501 Å². The number of hydrogen-bond acceptors (Lipinski definition) is 11. The molecule has 4 aliphatic heterocycles. The second-order valence-corrected chi connectivity index (χ2v) is 27.2. The number of esters is 1. The number of aryl methyl sites for hydroxylation is 6. The Balaban J connectivity index is 0.000000200. The fourth-order valence-electron chi connectivity index (χ4n) is 12.3. The van der Waals surface area contributed by atoms with E-state index in [0.29, 0.717) is 12.7 Å². The summed E-state index contributed by atoms with van der Waals surface area (Å²) in [5, 5.41) is 12.5. The summed E-state index contributed by atoms with van der Waals surface area (Å²) in [4.78, 5) is 36.3. The van der Waals surface area contributed by atoms with Gasteiger partial charge in [0.2, 0.25) is 0 Å². The molecule has 4 unspecified atom stereocenters. The summed E-state index contributed by atoms with van der Waals surface area (Å²) in [5.74, 6) is -1.06. The molecule has 4 saturated heterocycles. The number of aliphatic carboxylic acids is 1. The number of benzene rings is 2. The number of likely N-dealkylation sites (tertiary alicyclic amines) is 1. The number of carbonyl (C=O) groups is 2. The van der Waals surface area contributed by atoms with Crippen molar-refractivity contribution in [1.29, 1.82) is 0 Å². The lowest BCUT2D eigenvalue weighted by molar-refractivity contribution is -0.161. The molecular formula is C69H101BrN4O8. The van der Waals surface area contributed by atoms with Crippen LogP contribution in [0.3, 0.4) is 0 Å². The lowest BCUT2D eigenvalue weighted by Crippen LogP contribution is -2.39. The topological polar surface area (TPSA) is 142 Å². The summed E-state index contributed by atoms with van der Waals surface area (Å²) in [7, 11) is 0. The lowest BCUT2D eigenvalue weighted by Gasteiger charge is -2.37. The van der Waals surface area contributed by atoms with Gasteiger partial charge in [0, 0.05) is 55.6 Å². The zero-order valence-electron chi connectivity index (χ0n) is 50.2. The number of nitrogens with one attached hydrogen (secondary N) is 1. The molecule has 0 spiro atoms. The van der Waals surface area contributed by atoms with Gasteiger partial charge in [-0.2, -0.15) is 0 Å². The number of carbonyl (C=O) groups excluding carboxylic acids is 1. The molecule has 12 nitrogen and oxygen atoms in total. The van der Waals surface area contributed by atoms with Crippen molar-refractivity contribution >= 4 is 27.9 Å². The van der Waals surface area contributed by atoms with Crippen molar-refractivity contribution in [1.82, 2.24) is 20.2 Å². The number of aromatic nitrogens is 2. The van der Waals surface area contributed by atoms with E-state index < -0.39 is 22.4 Å². The van der Waals surface area contributed by atoms with E-state index in [2.05, 4.69) is 96.3 Å². The van der Waals surface area contributed by atoms with Crippen LogP contribution < -0.4 is 5.32 Å². The number of hydrogen-bond donors (Lipinski definition) is 2. The van der Waals surface area contributed by atoms with Crippen LogP contribution in [-0.4, -0.2) is 102 Å². The van der Waals surface area contributed by atoms with Gasteiger partial charge in [-0.3, -0.25) is 19.7 Å². The van der Waals surface area contributed by atoms with Crippen molar-refractivity contribution in [2.24, 2.45) is 10.8 Å². The Bertz CT molecular complexity index is 2610. The van der Waals surface area contributed by atoms with Crippen molar-refractivity contribution < 1.29 is 38.4 Å². The molecule has 0 radical (unpaired) electrons. The molecule has 4 aromatic rings. The third-order valence-electron chi connectivity index (χ3n) is 17.0. The predicted molar refractivity (Wildman–Crippen MR) is 332 cm³/mol. The quantitative estimate of drug-likeness (QED) is 0.0524. The minimum Gasteiger partial charge on any atom is -0.480 e. The maximum Gasteiger partial charge on any atom is 0.328 e. The zero-order valence-corrected chi connectivity index (χ0v) is 51.8. The number of fused-ring (bicyclic) bond motifs is 2. The van der Waals surface area contributed by atoms with Crippen LogP contribution in [0.25, 0.3) is 0 Å². The van der Waals surface area contributed by atoms with Crippen LogP contribution in [0.15, 0.2) is 72.8 Å². The summed E-state index contributed by atoms with van der Waals surface area (Å²) in [5.41, 5.74) is 11.8. The highest BCUT2D eigenvalue weighted by Gasteiger charge is 2.40. The number of pyridine rings is 2. The van der Waals surface area contributed by atoms with Crippen molar-refractivity contribution in [2.45, 2.75) is 225 Å². The van der Waals surface area contributed by atoms with E-state index in [1.54, 1.807) is 0 Å². The number of halogens is 1. The molecule has 2 aromatic carbocycles. The minimum atomic E-state index is -0.872. The molecule has 6 atom stereocenters. The first-order valence-corrected chi connectivity index (χ1v) is 32.0. The Morgan fingerprint density at radius 3 is 1.71 bits per heavy atom. The number of rotatable bonds is 19. The molecule has 6 aliphatic rings. The average Bonchev–Trinajstić information content (AvgIpc) is 4.24. The van der Waals surface area contributed by atoms with Crippen molar-refractivity contribution in [3.8, 4) is 0 Å². The van der Waals surface area contributed by atoms with Crippen molar-refractivity contribution in [3.05, 3.63) is 129 Å². The first kappa shape index (κ1) is 65.5. The molecule has 2 aromatic heterocycles. The van der Waals surface area contributed by atoms with E-state index in [1.165, 1.54) is 91.7 Å². The maximum atomic E-state index is 13.8. The second-order valence-electron chi connectivity index (χ2n) is 26.3. The monoisotopic (exact) mass is 1190 g/mol. The molecule has 13 heteroatoms. The van der Waals surface area contributed by atoms with Crippen molar-refractivity contribution in [2.75, 3.05) is 52.6 Å². The summed E-state index contributed by atoms with van der Waals surface area (Å²) < 4.78 is 30.5. The Morgan fingerprint density at radius 2 is 1.21 bits per heavy atom. The number of unbranched alkanes of at least 4 members (excludes halogenated alkanes) is 2. The largest absolute Gasteiger partial charge is 0.480 e. The van der Waals surface area contributed by atoms with Crippen LogP contribution >= 0.6 is 15.9 Å². The molecule has 0 bridgehead atoms. The smallest absolute Gasteiger partial charge is 0.328 e. The molecule has 0 saturated carbocycles. The Hall–Kier alpha value is -4.08. The van der Waals surface area contributed by atoms with Gasteiger partial charge in [-0.05, 0) is 212 Å². The van der Waals surface area contributed by atoms with Crippen LogP contribution in [0.4, 0.5) is 0 Å². The molecule has 6 heterocycles. The maximum absolute atomic E-state index is 13.8. The van der Waals surface area contributed by atoms with Gasteiger partial charge < -0.3 is 34.1 Å². The summed E-state index contributed by atoms with van der Waals surface area (Å²) >= 11 is 3.24. The third-order valence-corrected chi connectivity index (χ3v) is 17.9. The highest BCUT2D eigenvalue weighted by Crippen LogP contribution is 2.43. The van der Waals surface area contributed by atoms with Gasteiger partial charge in [0.05, 0.1) is 37.6 Å². The van der Waals surface area contributed by atoms with E-state index >= 15 is 0 Å². The van der Waals surface area contributed by atoms with E-state index in [9.17, 15) is 9.59 Å². The summed E-state index contributed by atoms with van der Waals surface area (Å²) in [6, 6.07) is 24.5. The van der Waals surface area contributed by atoms with E-state index in [-0.39, 0.29) is 42.5 Å². The van der Waals surface area contributed by atoms with Crippen LogP contribution in [0.1, 0.15) is 225 Å². The third kappa shape index (κ3) is 19.7. The predicted octanol–water partition coefficient (Wildman–Crippen LogP) is 14.7. The molecule has 10 rings (SSSR count). The normalized spacial score (nSPS) is 22.8. The van der Waals surface area contributed by atoms with Gasteiger partial charge in [0.15, 0.2) is 0 Å². The highest BCUT2D eigenvalue weighted by atomic mass is 79.9. The molecule has 2 N–H and O–H groups in total. The van der Waals surface area contributed by atoms with Crippen LogP contribution in [-0.2, 0) is 71.8 Å². The van der Waals surface area contributed by atoms with Gasteiger partial charge in [-0.15, -0.1) is 0 Å². The lowest BCUT2D eigenvalue weighted by atomic mass is 9.82. The van der Waals surface area contributed by atoms with Gasteiger partial charge >= 0.3 is 11.9 Å². The molecule has 4 fully saturated rings. The van der Waals surface area contributed by atoms with Crippen molar-refractivity contribution in [3.63, 3.8) is 0 Å².